The fourth-order valence-corrected chi connectivity index (χ4v) is 3.18. The fourth-order valence-electron chi connectivity index (χ4n) is 2.76. The van der Waals surface area contributed by atoms with Gasteiger partial charge in [-0.3, -0.25) is 0 Å². The summed E-state index contributed by atoms with van der Waals surface area (Å²) in [5.41, 5.74) is 1.83. The molecule has 2 atom stereocenters. The molecule has 1 aliphatic rings. The lowest BCUT2D eigenvalue weighted by atomic mass is 10.0. The van der Waals surface area contributed by atoms with Gasteiger partial charge in [0.2, 0.25) is 0 Å². The van der Waals surface area contributed by atoms with Gasteiger partial charge in [-0.1, -0.05) is 23.2 Å². The lowest BCUT2D eigenvalue weighted by Crippen LogP contribution is -2.48. The van der Waals surface area contributed by atoms with Gasteiger partial charge in [-0.05, 0) is 50.9 Å². The van der Waals surface area contributed by atoms with Crippen molar-refractivity contribution >= 4 is 23.2 Å². The van der Waals surface area contributed by atoms with Crippen LogP contribution in [0.25, 0.3) is 0 Å². The molecule has 21 heavy (non-hydrogen) atoms. The van der Waals surface area contributed by atoms with Crippen molar-refractivity contribution in [2.75, 3.05) is 26.7 Å². The van der Waals surface area contributed by atoms with Crippen molar-refractivity contribution in [2.24, 2.45) is 0 Å². The number of likely N-dealkylation sites (N-methyl/N-ethyl adjacent to an activating group) is 1. The first-order valence-electron chi connectivity index (χ1n) is 7.20. The van der Waals surface area contributed by atoms with E-state index in [1.807, 2.05) is 18.9 Å². The number of alkyl halides is 1. The van der Waals surface area contributed by atoms with Crippen molar-refractivity contribution in [1.82, 2.24) is 20.4 Å². The van der Waals surface area contributed by atoms with Crippen LogP contribution in [0.5, 0.6) is 0 Å². The average molecular weight is 335 g/mol. The topological polar surface area (TPSA) is 41.1 Å². The number of nitrogens with one attached hydrogen (secondary N) is 1. The first-order valence-corrected chi connectivity index (χ1v) is 7.96. The SMILES string of the molecule is Cc1c(Cl)nnc(Cl)c1CCCN[C@@H]1C[C@@H](F)CN(C)C1. The van der Waals surface area contributed by atoms with E-state index in [0.29, 0.717) is 23.3 Å². The summed E-state index contributed by atoms with van der Waals surface area (Å²) in [5.74, 6) is 0. The number of likely N-dealkylation sites (tertiary alicyclic amines) is 1. The van der Waals surface area contributed by atoms with Gasteiger partial charge < -0.3 is 10.2 Å². The maximum absolute atomic E-state index is 13.5. The summed E-state index contributed by atoms with van der Waals surface area (Å²) >= 11 is 12.0. The van der Waals surface area contributed by atoms with E-state index in [-0.39, 0.29) is 6.04 Å². The van der Waals surface area contributed by atoms with Gasteiger partial charge in [-0.25, -0.2) is 4.39 Å². The Labute approximate surface area is 135 Å². The number of aromatic nitrogens is 2. The van der Waals surface area contributed by atoms with Gasteiger partial charge in [0.25, 0.3) is 0 Å². The second-order valence-corrected chi connectivity index (χ2v) is 6.41. The van der Waals surface area contributed by atoms with Crippen LogP contribution < -0.4 is 5.32 Å². The highest BCUT2D eigenvalue weighted by Gasteiger charge is 2.24. The minimum atomic E-state index is -0.735. The highest BCUT2D eigenvalue weighted by atomic mass is 35.5. The Kier molecular flexibility index (Phi) is 6.17. The van der Waals surface area contributed by atoms with E-state index in [2.05, 4.69) is 15.5 Å². The Balaban J connectivity index is 1.79. The Hall–Kier alpha value is -0.490. The summed E-state index contributed by atoms with van der Waals surface area (Å²) in [6.07, 6.45) is 1.54. The molecule has 1 fully saturated rings. The molecule has 7 heteroatoms. The highest BCUT2D eigenvalue weighted by molar-refractivity contribution is 6.32. The summed E-state index contributed by atoms with van der Waals surface area (Å²) in [7, 11) is 1.95. The molecule has 0 bridgehead atoms. The molecule has 1 aromatic rings. The van der Waals surface area contributed by atoms with Crippen molar-refractivity contribution in [2.45, 2.75) is 38.4 Å². The molecule has 0 aliphatic carbocycles. The molecule has 0 radical (unpaired) electrons. The van der Waals surface area contributed by atoms with E-state index in [9.17, 15) is 4.39 Å². The molecule has 2 heterocycles. The zero-order chi connectivity index (χ0) is 15.4. The second kappa shape index (κ2) is 7.68. The Morgan fingerprint density at radius 3 is 2.71 bits per heavy atom. The van der Waals surface area contributed by atoms with Crippen LogP contribution in [0.4, 0.5) is 4.39 Å². The third-order valence-electron chi connectivity index (χ3n) is 3.86. The van der Waals surface area contributed by atoms with Crippen molar-refractivity contribution in [3.8, 4) is 0 Å². The number of hydrogen-bond donors (Lipinski definition) is 1. The number of piperidine rings is 1. The van der Waals surface area contributed by atoms with E-state index < -0.39 is 6.17 Å². The largest absolute Gasteiger partial charge is 0.313 e. The zero-order valence-corrected chi connectivity index (χ0v) is 13.9. The van der Waals surface area contributed by atoms with E-state index in [0.717, 1.165) is 37.1 Å². The van der Waals surface area contributed by atoms with Crippen LogP contribution in [-0.2, 0) is 6.42 Å². The van der Waals surface area contributed by atoms with Gasteiger partial charge in [-0.15, -0.1) is 10.2 Å². The molecule has 1 N–H and O–H groups in total. The van der Waals surface area contributed by atoms with Crippen molar-refractivity contribution < 1.29 is 4.39 Å². The normalized spacial score (nSPS) is 23.5. The number of hydrogen-bond acceptors (Lipinski definition) is 4. The van der Waals surface area contributed by atoms with Crippen LogP contribution in [0.3, 0.4) is 0 Å². The van der Waals surface area contributed by atoms with Gasteiger partial charge >= 0.3 is 0 Å². The first kappa shape index (κ1) is 16.9. The van der Waals surface area contributed by atoms with Crippen molar-refractivity contribution in [1.29, 1.82) is 0 Å². The maximum Gasteiger partial charge on any atom is 0.155 e. The molecule has 0 amide bonds. The molecular weight excluding hydrogens is 314 g/mol. The molecule has 0 unspecified atom stereocenters. The molecular formula is C14H21Cl2FN4. The Morgan fingerprint density at radius 2 is 2.00 bits per heavy atom. The lowest BCUT2D eigenvalue weighted by molar-refractivity contribution is 0.133. The molecule has 118 valence electrons. The molecule has 2 rings (SSSR count). The van der Waals surface area contributed by atoms with Gasteiger partial charge in [0.05, 0.1) is 0 Å². The predicted octanol–water partition coefficient (Wildman–Crippen LogP) is 2.66. The minimum Gasteiger partial charge on any atom is -0.313 e. The van der Waals surface area contributed by atoms with Crippen LogP contribution in [0.15, 0.2) is 0 Å². The molecule has 4 nitrogen and oxygen atoms in total. The average Bonchev–Trinajstić information content (AvgIpc) is 2.41. The molecule has 1 aliphatic heterocycles. The quantitative estimate of drug-likeness (QED) is 0.840. The predicted molar refractivity (Wildman–Crippen MR) is 83.9 cm³/mol. The van der Waals surface area contributed by atoms with Gasteiger partial charge in [0.15, 0.2) is 10.3 Å². The smallest absolute Gasteiger partial charge is 0.155 e. The summed E-state index contributed by atoms with van der Waals surface area (Å²) in [6.45, 7) is 4.15. The summed E-state index contributed by atoms with van der Waals surface area (Å²) in [5, 5.41) is 11.8. The van der Waals surface area contributed by atoms with E-state index in [1.165, 1.54) is 0 Å². The number of nitrogens with zero attached hydrogens (tertiary/aromatic N) is 3. The monoisotopic (exact) mass is 334 g/mol. The van der Waals surface area contributed by atoms with Crippen LogP contribution >= 0.6 is 23.2 Å². The third-order valence-corrected chi connectivity index (χ3v) is 4.52. The standard InChI is InChI=1S/C14H21Cl2FN4/c1-9-12(14(16)20-19-13(9)15)4-3-5-18-11-6-10(17)7-21(2)8-11/h10-11,18H,3-8H2,1-2H3/t10-,11-/m1/s1. The van der Waals surface area contributed by atoms with Crippen LogP contribution in [0.1, 0.15) is 24.0 Å². The summed E-state index contributed by atoms with van der Waals surface area (Å²) in [6, 6.07) is 0.217. The molecule has 1 aromatic heterocycles. The molecule has 1 saturated heterocycles. The fraction of sp³-hybridized carbons (Fsp3) is 0.714. The van der Waals surface area contributed by atoms with E-state index in [4.69, 9.17) is 23.2 Å². The Morgan fingerprint density at radius 1 is 1.29 bits per heavy atom. The lowest BCUT2D eigenvalue weighted by Gasteiger charge is -2.32. The van der Waals surface area contributed by atoms with Gasteiger partial charge in [0.1, 0.15) is 6.17 Å². The number of halogens is 3. The first-order chi connectivity index (χ1) is 9.97. The third kappa shape index (κ3) is 4.74. The highest BCUT2D eigenvalue weighted by Crippen LogP contribution is 2.23. The number of rotatable bonds is 5. The van der Waals surface area contributed by atoms with Crippen LogP contribution in [0.2, 0.25) is 10.3 Å². The van der Waals surface area contributed by atoms with Crippen molar-refractivity contribution in [3.63, 3.8) is 0 Å². The molecule has 0 aromatic carbocycles. The maximum atomic E-state index is 13.5. The van der Waals surface area contributed by atoms with Crippen molar-refractivity contribution in [3.05, 3.63) is 21.4 Å². The summed E-state index contributed by atoms with van der Waals surface area (Å²) < 4.78 is 13.5. The van der Waals surface area contributed by atoms with Gasteiger partial charge in [0, 0.05) is 19.1 Å². The Bertz CT molecular complexity index is 476. The van der Waals surface area contributed by atoms with Crippen LogP contribution in [-0.4, -0.2) is 54.0 Å². The zero-order valence-electron chi connectivity index (χ0n) is 12.4. The van der Waals surface area contributed by atoms with Crippen LogP contribution in [0, 0.1) is 6.92 Å². The second-order valence-electron chi connectivity index (χ2n) is 5.69. The molecule has 0 saturated carbocycles. The van der Waals surface area contributed by atoms with E-state index >= 15 is 0 Å². The minimum absolute atomic E-state index is 0.217. The molecule has 0 spiro atoms. The summed E-state index contributed by atoms with van der Waals surface area (Å²) in [4.78, 5) is 2.03. The van der Waals surface area contributed by atoms with E-state index in [1.54, 1.807) is 0 Å². The van der Waals surface area contributed by atoms with Gasteiger partial charge in [-0.2, -0.15) is 0 Å².